The van der Waals surface area contributed by atoms with Crippen LogP contribution in [-0.2, 0) is 0 Å². The van der Waals surface area contributed by atoms with Crippen molar-refractivity contribution in [1.29, 1.82) is 0 Å². The smallest absolute Gasteiger partial charge is 0.143 e. The van der Waals surface area contributed by atoms with Gasteiger partial charge in [0.25, 0.3) is 0 Å². The number of para-hydroxylation sites is 2. The molecule has 4 aliphatic carbocycles. The molecule has 5 atom stereocenters. The Balaban J connectivity index is 0.938. The third kappa shape index (κ3) is 6.81. The summed E-state index contributed by atoms with van der Waals surface area (Å²) in [5, 5.41) is 5.87. The minimum absolute atomic E-state index is 0.129. The van der Waals surface area contributed by atoms with E-state index >= 15 is 0 Å². The number of amidine groups is 1. The fraction of sp³-hybridized carbons (Fsp3) is 0.264. The van der Waals surface area contributed by atoms with Gasteiger partial charge in [0.15, 0.2) is 0 Å². The first-order valence-electron chi connectivity index (χ1n) is 21.3. The van der Waals surface area contributed by atoms with E-state index in [0.29, 0.717) is 11.8 Å². The molecule has 5 heteroatoms. The second-order valence-corrected chi connectivity index (χ2v) is 16.6. The number of aliphatic imine (C=N–C) groups is 1. The zero-order valence-electron chi connectivity index (χ0n) is 33.6. The number of allylic oxidation sites excluding steroid dienone is 10. The SMILES string of the molecule is CN/C(=N\C(C1CC=CCC1)N(C)CC1C=CC=CC1)C1=CC(c2ccc3c(c2)C2C=CC=CC2N3c2ccc(-c3cccc4c3oc3ccccc34)cc2)=CCC1. The Labute approximate surface area is 342 Å². The number of nitrogens with zero attached hydrogens (tertiary/aromatic N) is 3. The summed E-state index contributed by atoms with van der Waals surface area (Å²) in [7, 11) is 4.32. The molecule has 5 aromatic rings. The third-order valence-corrected chi connectivity index (χ3v) is 12.9. The van der Waals surface area contributed by atoms with Gasteiger partial charge in [0, 0.05) is 47.2 Å². The lowest BCUT2D eigenvalue weighted by Gasteiger charge is -2.35. The molecule has 1 aromatic heterocycles. The van der Waals surface area contributed by atoms with Crippen LogP contribution in [0.15, 0.2) is 173 Å². The summed E-state index contributed by atoms with van der Waals surface area (Å²) < 4.78 is 6.40. The van der Waals surface area contributed by atoms with Crippen molar-refractivity contribution < 1.29 is 4.42 Å². The molecule has 0 fully saturated rings. The van der Waals surface area contributed by atoms with E-state index in [-0.39, 0.29) is 18.1 Å². The average molecular weight is 761 g/mol. The summed E-state index contributed by atoms with van der Waals surface area (Å²) in [4.78, 5) is 10.6. The summed E-state index contributed by atoms with van der Waals surface area (Å²) in [5.41, 5.74) is 11.8. The van der Waals surface area contributed by atoms with Crippen LogP contribution in [-0.4, -0.2) is 43.6 Å². The molecule has 0 spiro atoms. The molecule has 1 aliphatic heterocycles. The van der Waals surface area contributed by atoms with Crippen molar-refractivity contribution in [3.05, 3.63) is 175 Å². The molecule has 290 valence electrons. The molecule has 4 aromatic carbocycles. The minimum Gasteiger partial charge on any atom is -0.455 e. The second-order valence-electron chi connectivity index (χ2n) is 16.6. The monoisotopic (exact) mass is 760 g/mol. The zero-order valence-corrected chi connectivity index (χ0v) is 33.6. The molecule has 5 unspecified atom stereocenters. The zero-order chi connectivity index (χ0) is 39.0. The maximum absolute atomic E-state index is 6.40. The fourth-order valence-corrected chi connectivity index (χ4v) is 10.0. The third-order valence-electron chi connectivity index (χ3n) is 12.9. The van der Waals surface area contributed by atoms with Crippen LogP contribution in [0.25, 0.3) is 38.6 Å². The van der Waals surface area contributed by atoms with Crippen LogP contribution in [0.2, 0.25) is 0 Å². The Morgan fingerprint density at radius 1 is 0.845 bits per heavy atom. The highest BCUT2D eigenvalue weighted by molar-refractivity contribution is 6.09. The van der Waals surface area contributed by atoms with Gasteiger partial charge in [-0.25, -0.2) is 4.99 Å². The van der Waals surface area contributed by atoms with Gasteiger partial charge >= 0.3 is 0 Å². The molecular weight excluding hydrogens is 709 g/mol. The van der Waals surface area contributed by atoms with Gasteiger partial charge in [0.05, 0.1) is 6.04 Å². The maximum Gasteiger partial charge on any atom is 0.143 e. The van der Waals surface area contributed by atoms with Crippen LogP contribution in [0, 0.1) is 11.8 Å². The summed E-state index contributed by atoms with van der Waals surface area (Å²) in [6, 6.07) is 31.2. The number of nitrogens with one attached hydrogen (secondary N) is 1. The molecular formula is C53H52N4O. The van der Waals surface area contributed by atoms with E-state index in [9.17, 15) is 0 Å². The minimum atomic E-state index is 0.129. The number of benzene rings is 4. The van der Waals surface area contributed by atoms with Crippen molar-refractivity contribution >= 4 is 44.7 Å². The molecule has 0 saturated heterocycles. The second kappa shape index (κ2) is 15.8. The topological polar surface area (TPSA) is 44.0 Å². The van der Waals surface area contributed by atoms with Gasteiger partial charge in [-0.1, -0.05) is 121 Å². The van der Waals surface area contributed by atoms with Crippen molar-refractivity contribution in [2.45, 2.75) is 56.7 Å². The molecule has 58 heavy (non-hydrogen) atoms. The van der Waals surface area contributed by atoms with Crippen LogP contribution in [0.1, 0.15) is 55.6 Å². The first-order chi connectivity index (χ1) is 28.6. The van der Waals surface area contributed by atoms with Crippen LogP contribution >= 0.6 is 0 Å². The van der Waals surface area contributed by atoms with E-state index in [4.69, 9.17) is 9.41 Å². The summed E-state index contributed by atoms with van der Waals surface area (Å²) in [6.45, 7) is 1.01. The lowest BCUT2D eigenvalue weighted by molar-refractivity contribution is 0.158. The Bertz CT molecular complexity index is 2590. The van der Waals surface area contributed by atoms with E-state index in [1.165, 1.54) is 40.1 Å². The van der Waals surface area contributed by atoms with E-state index in [1.807, 2.05) is 13.1 Å². The summed E-state index contributed by atoms with van der Waals surface area (Å²) in [5.74, 6) is 2.35. The van der Waals surface area contributed by atoms with E-state index < -0.39 is 0 Å². The molecule has 0 amide bonds. The number of likely N-dealkylation sites (N-methyl/N-ethyl adjacent to an activating group) is 1. The Morgan fingerprint density at radius 3 is 2.53 bits per heavy atom. The Morgan fingerprint density at radius 2 is 1.69 bits per heavy atom. The van der Waals surface area contributed by atoms with Crippen molar-refractivity contribution in [2.24, 2.45) is 16.8 Å². The number of fused-ring (bicyclic) bond motifs is 6. The number of hydrogen-bond acceptors (Lipinski definition) is 4. The van der Waals surface area contributed by atoms with Crippen LogP contribution in [0.5, 0.6) is 0 Å². The van der Waals surface area contributed by atoms with Crippen molar-refractivity contribution in [3.8, 4) is 11.1 Å². The van der Waals surface area contributed by atoms with Gasteiger partial charge in [-0.15, -0.1) is 0 Å². The summed E-state index contributed by atoms with van der Waals surface area (Å²) in [6.07, 6.45) is 34.3. The molecule has 10 rings (SSSR count). The number of anilines is 2. The Hall–Kier alpha value is -5.91. The lowest BCUT2D eigenvalue weighted by Crippen LogP contribution is -2.41. The standard InChI is InChI=1S/C53H52N4O/c1-54-52(55-53(38-17-7-4-8-18-38)56(2)35-36-15-5-3-6-16-36)41-20-13-19-39(33-41)40-29-32-49-47(34-40)44-21-9-11-25-48(44)57(49)42-30-27-37(28-31-42)43-23-14-24-46-45-22-10-12-26-50(45)58-51(43)46/h3-7,9-12,14-15,19,21-34,36,38,44,48,53H,8,13,16-18,20,35H2,1-2H3,(H,54,55). The highest BCUT2D eigenvalue weighted by Crippen LogP contribution is 2.49. The largest absolute Gasteiger partial charge is 0.455 e. The van der Waals surface area contributed by atoms with Crippen LogP contribution in [0.4, 0.5) is 11.4 Å². The average Bonchev–Trinajstić information content (AvgIpc) is 3.83. The van der Waals surface area contributed by atoms with Gasteiger partial charge < -0.3 is 14.6 Å². The van der Waals surface area contributed by atoms with E-state index in [1.54, 1.807) is 0 Å². The molecule has 0 bridgehead atoms. The van der Waals surface area contributed by atoms with Gasteiger partial charge in [-0.3, -0.25) is 4.90 Å². The van der Waals surface area contributed by atoms with Gasteiger partial charge in [0.1, 0.15) is 23.2 Å². The summed E-state index contributed by atoms with van der Waals surface area (Å²) >= 11 is 0. The number of furan rings is 1. The van der Waals surface area contributed by atoms with Gasteiger partial charge in [-0.05, 0) is 122 Å². The van der Waals surface area contributed by atoms with Crippen LogP contribution in [0.3, 0.4) is 0 Å². The fourth-order valence-electron chi connectivity index (χ4n) is 10.0. The predicted octanol–water partition coefficient (Wildman–Crippen LogP) is 12.5. The normalized spacial score (nSPS) is 23.0. The lowest BCUT2D eigenvalue weighted by atomic mass is 9.88. The van der Waals surface area contributed by atoms with Gasteiger partial charge in [0.2, 0.25) is 0 Å². The van der Waals surface area contributed by atoms with Crippen molar-refractivity contribution in [2.75, 3.05) is 25.5 Å². The van der Waals surface area contributed by atoms with Crippen molar-refractivity contribution in [3.63, 3.8) is 0 Å². The molecule has 5 nitrogen and oxygen atoms in total. The first kappa shape index (κ1) is 36.4. The molecule has 2 heterocycles. The molecule has 0 radical (unpaired) electrons. The van der Waals surface area contributed by atoms with Crippen LogP contribution < -0.4 is 10.2 Å². The van der Waals surface area contributed by atoms with Gasteiger partial charge in [-0.2, -0.15) is 0 Å². The number of hydrogen-bond donors (Lipinski definition) is 1. The molecule has 1 N–H and O–H groups in total. The van der Waals surface area contributed by atoms with E-state index in [2.05, 4.69) is 174 Å². The number of rotatable bonds is 9. The molecule has 0 saturated carbocycles. The highest BCUT2D eigenvalue weighted by Gasteiger charge is 2.38. The first-order valence-corrected chi connectivity index (χ1v) is 21.3. The Kier molecular flexibility index (Phi) is 9.92. The van der Waals surface area contributed by atoms with Crippen molar-refractivity contribution in [1.82, 2.24) is 10.2 Å². The highest BCUT2D eigenvalue weighted by atomic mass is 16.3. The predicted molar refractivity (Wildman–Crippen MR) is 244 cm³/mol. The quantitative estimate of drug-likeness (QED) is 0.0923. The molecule has 5 aliphatic rings. The van der Waals surface area contributed by atoms with E-state index in [0.717, 1.165) is 77.5 Å². The maximum atomic E-state index is 6.40.